The molecule has 80 heavy (non-hydrogen) atoms. The van der Waals surface area contributed by atoms with Gasteiger partial charge in [-0.1, -0.05) is 62.4 Å². The van der Waals surface area contributed by atoms with Crippen LogP contribution in [0.15, 0.2) is 60.8 Å². The van der Waals surface area contributed by atoms with Crippen LogP contribution in [-0.2, 0) is 75.2 Å². The predicted octanol–water partition coefficient (Wildman–Crippen LogP) is -4.97. The number of primary amides is 3. The van der Waals surface area contributed by atoms with Crippen LogP contribution in [-0.4, -0.2) is 166 Å². The number of nitrogens with zero attached hydrogens (tertiary/aromatic N) is 1. The summed E-state index contributed by atoms with van der Waals surface area (Å²) in [5.74, 6) is -13.2. The number of fused-ring (bicyclic) bond motifs is 2. The van der Waals surface area contributed by atoms with E-state index in [2.05, 4.69) is 52.8 Å². The van der Waals surface area contributed by atoms with E-state index in [0.717, 1.165) is 0 Å². The van der Waals surface area contributed by atoms with Gasteiger partial charge in [0.15, 0.2) is 0 Å². The van der Waals surface area contributed by atoms with E-state index >= 15 is 0 Å². The predicted molar refractivity (Wildman–Crippen MR) is 284 cm³/mol. The van der Waals surface area contributed by atoms with Gasteiger partial charge in [-0.25, -0.2) is 0 Å². The zero-order valence-electron chi connectivity index (χ0n) is 44.5. The van der Waals surface area contributed by atoms with Gasteiger partial charge in [0.2, 0.25) is 76.8 Å². The number of aliphatic hydroxyl groups excluding tert-OH is 1. The topological polar surface area (TPSA) is 447 Å². The second kappa shape index (κ2) is 29.1. The Kier molecular flexibility index (Phi) is 22.6. The lowest BCUT2D eigenvalue weighted by Gasteiger charge is -2.31. The first-order valence-corrected chi connectivity index (χ1v) is 26.0. The molecule has 2 saturated heterocycles. The molecule has 9 unspecified atom stereocenters. The van der Waals surface area contributed by atoms with Crippen molar-refractivity contribution in [2.45, 2.75) is 133 Å². The summed E-state index contributed by atoms with van der Waals surface area (Å²) in [6.07, 6.45) is -1.29. The molecule has 2 aromatic carbocycles. The quantitative estimate of drug-likeness (QED) is 0.0720. The van der Waals surface area contributed by atoms with Crippen molar-refractivity contribution >= 4 is 87.7 Å². The molecule has 3 heterocycles. The number of hydrogen-bond acceptors (Lipinski definition) is 14. The molecule has 28 nitrogen and oxygen atoms in total. The van der Waals surface area contributed by atoms with Crippen LogP contribution < -0.4 is 65.1 Å². The fourth-order valence-corrected chi connectivity index (χ4v) is 9.05. The summed E-state index contributed by atoms with van der Waals surface area (Å²) >= 11 is 0. The highest BCUT2D eigenvalue weighted by atomic mass is 16.3. The third-order valence-electron chi connectivity index (χ3n) is 13.4. The molecule has 0 bridgehead atoms. The monoisotopic (exact) mass is 1110 g/mol. The first kappa shape index (κ1) is 61.9. The van der Waals surface area contributed by atoms with Crippen molar-refractivity contribution in [3.8, 4) is 0 Å². The second-order valence-electron chi connectivity index (χ2n) is 19.9. The van der Waals surface area contributed by atoms with Crippen molar-refractivity contribution in [3.05, 3.63) is 71.9 Å². The van der Waals surface area contributed by atoms with E-state index in [1.165, 1.54) is 11.8 Å². The summed E-state index contributed by atoms with van der Waals surface area (Å²) in [4.78, 5) is 181. The molecule has 17 N–H and O–H groups in total. The van der Waals surface area contributed by atoms with E-state index in [1.807, 2.05) is 0 Å². The lowest BCUT2D eigenvalue weighted by molar-refractivity contribution is -0.143. The summed E-state index contributed by atoms with van der Waals surface area (Å²) in [7, 11) is 0. The fraction of sp³-hybridized carbons (Fsp3) is 0.481. The fourth-order valence-electron chi connectivity index (χ4n) is 9.05. The van der Waals surface area contributed by atoms with Gasteiger partial charge in [0.05, 0.1) is 19.6 Å². The molecule has 0 radical (unpaired) electrons. The lowest BCUT2D eigenvalue weighted by atomic mass is 10.0. The maximum Gasteiger partial charge on any atom is 0.246 e. The molecule has 0 aliphatic carbocycles. The highest BCUT2D eigenvalue weighted by molar-refractivity contribution is 6.00. The molecule has 1 aromatic heterocycles. The van der Waals surface area contributed by atoms with Gasteiger partial charge in [-0.2, -0.15) is 0 Å². The van der Waals surface area contributed by atoms with Gasteiger partial charge >= 0.3 is 0 Å². The number of aliphatic hydroxyl groups is 1. The Morgan fingerprint density at radius 2 is 1.12 bits per heavy atom. The first-order chi connectivity index (χ1) is 37.9. The van der Waals surface area contributed by atoms with E-state index in [-0.39, 0.29) is 25.8 Å². The van der Waals surface area contributed by atoms with Crippen LogP contribution >= 0.6 is 0 Å². The van der Waals surface area contributed by atoms with Crippen molar-refractivity contribution < 1.29 is 67.4 Å². The molecule has 0 saturated carbocycles. The number of H-pyrrole nitrogens is 1. The molecule has 13 amide bonds. The molecular weight excluding hydrogens is 1040 g/mol. The van der Waals surface area contributed by atoms with Crippen molar-refractivity contribution in [3.63, 3.8) is 0 Å². The molecular formula is C52H70N14O14. The second-order valence-corrected chi connectivity index (χ2v) is 19.9. The van der Waals surface area contributed by atoms with Crippen molar-refractivity contribution in [2.75, 3.05) is 19.7 Å². The van der Waals surface area contributed by atoms with Gasteiger partial charge in [0, 0.05) is 49.3 Å². The number of rotatable bonds is 14. The zero-order chi connectivity index (χ0) is 58.8. The van der Waals surface area contributed by atoms with Crippen LogP contribution in [0.3, 0.4) is 0 Å². The Labute approximate surface area is 459 Å². The van der Waals surface area contributed by atoms with Crippen molar-refractivity contribution in [1.29, 1.82) is 0 Å². The summed E-state index contributed by atoms with van der Waals surface area (Å²) in [5, 5.41) is 33.0. The lowest BCUT2D eigenvalue weighted by Crippen LogP contribution is -2.61. The zero-order valence-corrected chi connectivity index (χ0v) is 44.5. The highest BCUT2D eigenvalue weighted by Crippen LogP contribution is 2.22. The molecule has 3 aromatic rings. The third kappa shape index (κ3) is 17.8. The van der Waals surface area contributed by atoms with Crippen LogP contribution in [0.1, 0.15) is 76.8 Å². The number of amides is 13. The minimum atomic E-state index is -1.84. The number of carbonyl (C=O) groups excluding carboxylic acids is 13. The number of nitrogens with two attached hydrogens (primary N) is 3. The van der Waals surface area contributed by atoms with E-state index in [1.54, 1.807) is 74.6 Å². The number of aromatic nitrogens is 1. The van der Waals surface area contributed by atoms with E-state index in [4.69, 9.17) is 17.2 Å². The van der Waals surface area contributed by atoms with Crippen LogP contribution in [0.2, 0.25) is 0 Å². The van der Waals surface area contributed by atoms with Gasteiger partial charge in [0.1, 0.15) is 54.4 Å². The summed E-state index contributed by atoms with van der Waals surface area (Å²) in [6.45, 7) is 2.81. The van der Waals surface area contributed by atoms with Gasteiger partial charge in [-0.05, 0) is 55.7 Å². The van der Waals surface area contributed by atoms with Crippen LogP contribution in [0, 0.1) is 5.92 Å². The summed E-state index contributed by atoms with van der Waals surface area (Å²) < 4.78 is 0. The Morgan fingerprint density at radius 1 is 0.600 bits per heavy atom. The maximum absolute atomic E-state index is 14.6. The standard InChI is InChI=1S/C52H70N14O14/c1-26(2)43-52(80)66-19-9-14-38(66)51(79)64-37(25-67)50(78)58-27(3)44(72)59-32(15-17-39(53)68)46(74)62-35(21-29-23-56-31-13-8-7-12-30(29)31)48(76)60-33(16-18-40(54)69)47(75)63-36(22-41(55)70)49(77)61-34(20-28-10-5-4-6-11-28)45(73)57-24-42(71)65-43/h4-8,10-13,23,26-27,32-38,43,56,67H,9,14-22,24-25H2,1-3H3,(H2,53,68)(H2,54,69)(H2,55,70)(H,57,73)(H,58,78)(H,59,72)(H,60,76)(H,61,77)(H,62,74)(H,63,75)(H,64,79)(H,65,71). The number of carbonyl (C=O) groups is 13. The molecule has 28 heteroatoms. The maximum atomic E-state index is 14.6. The SMILES string of the molecule is CC1NC(=O)C(CO)NC(=O)C2CCCN2C(=O)C(C(C)C)NC(=O)CNC(=O)C(Cc2ccccc2)NC(=O)C(CC(N)=O)NC(=O)C(CCC(N)=O)NC(=O)C(Cc2c[nH]c3ccccc23)NC(=O)C(CCC(N)=O)NC1=O. The Hall–Kier alpha value is -8.95. The van der Waals surface area contributed by atoms with Crippen molar-refractivity contribution in [1.82, 2.24) is 57.7 Å². The largest absolute Gasteiger partial charge is 0.394 e. The number of benzene rings is 2. The van der Waals surface area contributed by atoms with Crippen LogP contribution in [0.5, 0.6) is 0 Å². The molecule has 432 valence electrons. The Balaban J connectivity index is 1.55. The minimum Gasteiger partial charge on any atom is -0.394 e. The van der Waals surface area contributed by atoms with Gasteiger partial charge < -0.3 is 80.0 Å². The molecule has 0 spiro atoms. The normalized spacial score (nSPS) is 24.9. The number of aromatic amines is 1. The Morgan fingerprint density at radius 3 is 1.73 bits per heavy atom. The average Bonchev–Trinajstić information content (AvgIpc) is 4.08. The number of para-hydroxylation sites is 1. The van der Waals surface area contributed by atoms with Crippen molar-refractivity contribution in [2.24, 2.45) is 23.1 Å². The summed E-state index contributed by atoms with van der Waals surface area (Å²) in [6, 6.07) is 1.27. The van der Waals surface area contributed by atoms with E-state index in [0.29, 0.717) is 28.5 Å². The molecule has 2 aliphatic heterocycles. The molecule has 5 rings (SSSR count). The average molecular weight is 1120 g/mol. The minimum absolute atomic E-state index is 0.0605. The molecule has 2 fully saturated rings. The van der Waals surface area contributed by atoms with E-state index < -0.39 is 182 Å². The van der Waals surface area contributed by atoms with E-state index in [9.17, 15) is 67.4 Å². The number of nitrogens with one attached hydrogen (secondary N) is 10. The molecule has 9 atom stereocenters. The smallest absolute Gasteiger partial charge is 0.246 e. The van der Waals surface area contributed by atoms with Gasteiger partial charge in [-0.3, -0.25) is 62.3 Å². The number of hydrogen-bond donors (Lipinski definition) is 14. The molecule has 2 aliphatic rings. The van der Waals surface area contributed by atoms with Gasteiger partial charge in [0.25, 0.3) is 0 Å². The highest BCUT2D eigenvalue weighted by Gasteiger charge is 2.41. The van der Waals surface area contributed by atoms with Gasteiger partial charge in [-0.15, -0.1) is 0 Å². The van der Waals surface area contributed by atoms with Crippen LogP contribution in [0.4, 0.5) is 0 Å². The summed E-state index contributed by atoms with van der Waals surface area (Å²) in [5.41, 5.74) is 18.1. The van der Waals surface area contributed by atoms with Crippen LogP contribution in [0.25, 0.3) is 10.9 Å². The third-order valence-corrected chi connectivity index (χ3v) is 13.4. The first-order valence-electron chi connectivity index (χ1n) is 26.0. The Bertz CT molecular complexity index is 2810.